The summed E-state index contributed by atoms with van der Waals surface area (Å²) < 4.78 is 0. The first-order chi connectivity index (χ1) is 11.2. The summed E-state index contributed by atoms with van der Waals surface area (Å²) in [4.78, 5) is 13.2. The maximum Gasteiger partial charge on any atom is 0.263 e. The molecule has 7 heteroatoms. The number of benzene rings is 1. The molecule has 0 spiro atoms. The second-order valence-electron chi connectivity index (χ2n) is 5.91. The Labute approximate surface area is 134 Å². The molecule has 1 aromatic heterocycles. The van der Waals surface area contributed by atoms with Crippen LogP contribution in [0.25, 0.3) is 11.4 Å². The van der Waals surface area contributed by atoms with E-state index in [1.807, 2.05) is 30.3 Å². The fourth-order valence-electron chi connectivity index (χ4n) is 2.53. The van der Waals surface area contributed by atoms with Crippen molar-refractivity contribution in [1.82, 2.24) is 25.6 Å². The largest absolute Gasteiger partial charge is 0.271 e. The number of rotatable bonds is 4. The van der Waals surface area contributed by atoms with Crippen LogP contribution < -0.4 is 5.43 Å². The number of nitrogens with one attached hydrogen (secondary N) is 1. The van der Waals surface area contributed by atoms with Crippen LogP contribution in [0.4, 0.5) is 0 Å². The predicted molar refractivity (Wildman–Crippen MR) is 86.5 cm³/mol. The quantitative estimate of drug-likeness (QED) is 0.875. The Balaban J connectivity index is 1.54. The minimum atomic E-state index is -0.242. The number of carbonyl (C=O) groups excluding carboxylic acids is 1. The molecule has 1 aliphatic carbocycles. The maximum atomic E-state index is 11.9. The first-order valence-corrected chi connectivity index (χ1v) is 7.88. The van der Waals surface area contributed by atoms with E-state index in [-0.39, 0.29) is 12.5 Å². The smallest absolute Gasteiger partial charge is 0.263 e. The number of carbonyl (C=O) groups is 1. The predicted octanol–water partition coefficient (Wildman–Crippen LogP) is 2.02. The van der Waals surface area contributed by atoms with E-state index < -0.39 is 0 Å². The highest BCUT2D eigenvalue weighted by Crippen LogP contribution is 2.20. The van der Waals surface area contributed by atoms with Crippen molar-refractivity contribution >= 4 is 11.6 Å². The van der Waals surface area contributed by atoms with Crippen molar-refractivity contribution in [2.45, 2.75) is 39.2 Å². The zero-order valence-electron chi connectivity index (χ0n) is 13.1. The fourth-order valence-corrected chi connectivity index (χ4v) is 2.53. The summed E-state index contributed by atoms with van der Waals surface area (Å²) in [5.74, 6) is 1.01. The summed E-state index contributed by atoms with van der Waals surface area (Å²) in [6.45, 7) is 2.25. The molecule has 1 aliphatic rings. The molecule has 0 unspecified atom stereocenters. The molecule has 3 rings (SSSR count). The Morgan fingerprint density at radius 2 is 2.04 bits per heavy atom. The molecule has 0 saturated heterocycles. The van der Waals surface area contributed by atoms with E-state index in [4.69, 9.17) is 0 Å². The summed E-state index contributed by atoms with van der Waals surface area (Å²) in [5.41, 5.74) is 4.52. The number of hydrogen-bond acceptors (Lipinski definition) is 5. The molecule has 0 aliphatic heterocycles. The molecular formula is C16H20N6O. The van der Waals surface area contributed by atoms with Crippen LogP contribution in [0.5, 0.6) is 0 Å². The van der Waals surface area contributed by atoms with Gasteiger partial charge in [0.1, 0.15) is 6.54 Å². The summed E-state index contributed by atoms with van der Waals surface area (Å²) in [6.07, 6.45) is 4.20. The van der Waals surface area contributed by atoms with Crippen LogP contribution in [0, 0.1) is 5.92 Å². The van der Waals surface area contributed by atoms with Crippen molar-refractivity contribution in [1.29, 1.82) is 0 Å². The van der Waals surface area contributed by atoms with Gasteiger partial charge >= 0.3 is 0 Å². The molecule has 1 fully saturated rings. The van der Waals surface area contributed by atoms with E-state index in [9.17, 15) is 4.79 Å². The normalized spacial score (nSPS) is 17.8. The summed E-state index contributed by atoms with van der Waals surface area (Å²) in [7, 11) is 0. The van der Waals surface area contributed by atoms with Crippen molar-refractivity contribution in [3.05, 3.63) is 30.3 Å². The van der Waals surface area contributed by atoms with Gasteiger partial charge in [0, 0.05) is 11.3 Å². The SMILES string of the molecule is CC1CCC(=NNC(=O)Cn2nnc(-c3ccccc3)n2)CC1. The molecule has 23 heavy (non-hydrogen) atoms. The van der Waals surface area contributed by atoms with E-state index in [0.717, 1.165) is 42.9 Å². The van der Waals surface area contributed by atoms with Crippen LogP contribution in [0.2, 0.25) is 0 Å². The van der Waals surface area contributed by atoms with Gasteiger partial charge in [-0.1, -0.05) is 37.3 Å². The minimum absolute atomic E-state index is 0.00696. The Bertz CT molecular complexity index is 684. The number of amides is 1. The van der Waals surface area contributed by atoms with Gasteiger partial charge in [-0.3, -0.25) is 4.79 Å². The third-order valence-corrected chi connectivity index (χ3v) is 3.96. The zero-order chi connectivity index (χ0) is 16.1. The van der Waals surface area contributed by atoms with Crippen LogP contribution >= 0.6 is 0 Å². The molecule has 0 radical (unpaired) electrons. The van der Waals surface area contributed by atoms with Crippen LogP contribution in [0.3, 0.4) is 0 Å². The third-order valence-electron chi connectivity index (χ3n) is 3.96. The van der Waals surface area contributed by atoms with Gasteiger partial charge in [0.05, 0.1) is 0 Å². The molecule has 2 aromatic rings. The maximum absolute atomic E-state index is 11.9. The average Bonchev–Trinajstić information content (AvgIpc) is 3.04. The van der Waals surface area contributed by atoms with E-state index in [0.29, 0.717) is 5.82 Å². The second-order valence-corrected chi connectivity index (χ2v) is 5.91. The van der Waals surface area contributed by atoms with Crippen molar-refractivity contribution in [2.24, 2.45) is 11.0 Å². The van der Waals surface area contributed by atoms with Crippen molar-refractivity contribution in [3.8, 4) is 11.4 Å². The Kier molecular flexibility index (Phi) is 4.75. The number of aromatic nitrogens is 4. The lowest BCUT2D eigenvalue weighted by Gasteiger charge is -2.18. The van der Waals surface area contributed by atoms with E-state index in [1.165, 1.54) is 4.80 Å². The monoisotopic (exact) mass is 312 g/mol. The van der Waals surface area contributed by atoms with Gasteiger partial charge in [-0.2, -0.15) is 9.90 Å². The first-order valence-electron chi connectivity index (χ1n) is 7.88. The van der Waals surface area contributed by atoms with Gasteiger partial charge < -0.3 is 0 Å². The number of tetrazole rings is 1. The van der Waals surface area contributed by atoms with Crippen molar-refractivity contribution in [3.63, 3.8) is 0 Å². The Hall–Kier alpha value is -2.57. The zero-order valence-corrected chi connectivity index (χ0v) is 13.1. The molecule has 7 nitrogen and oxygen atoms in total. The van der Waals surface area contributed by atoms with E-state index in [1.54, 1.807) is 0 Å². The molecule has 1 aromatic carbocycles. The number of hydrazone groups is 1. The van der Waals surface area contributed by atoms with Gasteiger partial charge in [-0.25, -0.2) is 5.43 Å². The molecule has 120 valence electrons. The average molecular weight is 312 g/mol. The van der Waals surface area contributed by atoms with Gasteiger partial charge in [0.25, 0.3) is 5.91 Å². The lowest BCUT2D eigenvalue weighted by Crippen LogP contribution is -2.26. The molecule has 1 heterocycles. The van der Waals surface area contributed by atoms with Gasteiger partial charge in [-0.15, -0.1) is 10.2 Å². The van der Waals surface area contributed by atoms with Crippen LogP contribution in [-0.4, -0.2) is 31.8 Å². The highest BCUT2D eigenvalue weighted by molar-refractivity contribution is 5.86. The van der Waals surface area contributed by atoms with Crippen molar-refractivity contribution in [2.75, 3.05) is 0 Å². The number of nitrogens with zero attached hydrogens (tertiary/aromatic N) is 5. The molecule has 0 bridgehead atoms. The molecule has 1 amide bonds. The third kappa shape index (κ3) is 4.21. The molecular weight excluding hydrogens is 292 g/mol. The number of hydrogen-bond donors (Lipinski definition) is 1. The van der Waals surface area contributed by atoms with Gasteiger partial charge in [0.2, 0.25) is 5.82 Å². The summed E-state index contributed by atoms with van der Waals surface area (Å²) in [5, 5.41) is 16.3. The highest BCUT2D eigenvalue weighted by atomic mass is 16.2. The Morgan fingerprint density at radius 1 is 1.30 bits per heavy atom. The molecule has 0 atom stereocenters. The van der Waals surface area contributed by atoms with Gasteiger partial charge in [0.15, 0.2) is 0 Å². The Morgan fingerprint density at radius 3 is 2.78 bits per heavy atom. The molecule has 1 N–H and O–H groups in total. The summed E-state index contributed by atoms with van der Waals surface area (Å²) >= 11 is 0. The minimum Gasteiger partial charge on any atom is -0.271 e. The van der Waals surface area contributed by atoms with E-state index >= 15 is 0 Å². The standard InChI is InChI=1S/C16H20N6O/c1-12-7-9-14(10-8-12)17-18-15(23)11-22-20-16(19-21-22)13-5-3-2-4-6-13/h2-6,12H,7-11H2,1H3,(H,18,23). The van der Waals surface area contributed by atoms with Crippen LogP contribution in [0.1, 0.15) is 32.6 Å². The summed E-state index contributed by atoms with van der Waals surface area (Å²) in [6, 6.07) is 9.54. The first kappa shape index (κ1) is 15.3. The van der Waals surface area contributed by atoms with E-state index in [2.05, 4.69) is 32.9 Å². The van der Waals surface area contributed by atoms with Crippen molar-refractivity contribution < 1.29 is 4.79 Å². The lowest BCUT2D eigenvalue weighted by molar-refractivity contribution is -0.122. The highest BCUT2D eigenvalue weighted by Gasteiger charge is 2.14. The lowest BCUT2D eigenvalue weighted by atomic mass is 9.90. The van der Waals surface area contributed by atoms with Crippen LogP contribution in [-0.2, 0) is 11.3 Å². The topological polar surface area (TPSA) is 85.1 Å². The second kappa shape index (κ2) is 7.13. The van der Waals surface area contributed by atoms with Gasteiger partial charge in [-0.05, 0) is 36.8 Å². The molecule has 1 saturated carbocycles. The van der Waals surface area contributed by atoms with Crippen LogP contribution in [0.15, 0.2) is 35.4 Å². The fraction of sp³-hybridized carbons (Fsp3) is 0.438.